The summed E-state index contributed by atoms with van der Waals surface area (Å²) in [7, 11) is 0. The quantitative estimate of drug-likeness (QED) is 0.390. The molecule has 1 N–H and O–H groups in total. The van der Waals surface area contributed by atoms with Crippen LogP contribution in [0.3, 0.4) is 0 Å². The Bertz CT molecular complexity index is 1160. The normalized spacial score (nSPS) is 10.8. The van der Waals surface area contributed by atoms with E-state index in [1.54, 1.807) is 42.6 Å². The van der Waals surface area contributed by atoms with Crippen LogP contribution in [0, 0.1) is 0 Å². The Morgan fingerprint density at radius 3 is 2.56 bits per heavy atom. The maximum atomic E-state index is 12.7. The Labute approximate surface area is 191 Å². The Balaban J connectivity index is 1.73. The number of pyridine rings is 1. The Morgan fingerprint density at radius 2 is 1.84 bits per heavy atom. The average Bonchev–Trinajstić information content (AvgIpc) is 2.78. The molecule has 3 aromatic rings. The molecule has 0 fully saturated rings. The number of halogens is 1. The van der Waals surface area contributed by atoms with Crippen molar-refractivity contribution in [2.75, 3.05) is 13.2 Å². The van der Waals surface area contributed by atoms with Crippen LogP contribution in [0.5, 0.6) is 11.5 Å². The fraction of sp³-hybridized carbons (Fsp3) is 0.208. The monoisotopic (exact) mass is 453 g/mol. The number of ether oxygens (including phenoxy) is 2. The van der Waals surface area contributed by atoms with Crippen LogP contribution in [-0.2, 0) is 6.54 Å². The summed E-state index contributed by atoms with van der Waals surface area (Å²) in [5.41, 5.74) is 3.56. The van der Waals surface area contributed by atoms with Gasteiger partial charge in [-0.25, -0.2) is 5.43 Å². The van der Waals surface area contributed by atoms with Crippen LogP contribution in [0.25, 0.3) is 0 Å². The molecule has 7 nitrogen and oxygen atoms in total. The van der Waals surface area contributed by atoms with Gasteiger partial charge in [-0.2, -0.15) is 5.10 Å². The molecule has 0 radical (unpaired) electrons. The Hall–Kier alpha value is -3.58. The third kappa shape index (κ3) is 5.98. The maximum Gasteiger partial charge on any atom is 0.276 e. The summed E-state index contributed by atoms with van der Waals surface area (Å²) in [5, 5.41) is 4.61. The van der Waals surface area contributed by atoms with E-state index in [1.807, 2.05) is 26.0 Å². The molecular weight excluding hydrogens is 430 g/mol. The molecule has 0 unspecified atom stereocenters. The second-order valence-corrected chi connectivity index (χ2v) is 7.18. The van der Waals surface area contributed by atoms with E-state index in [9.17, 15) is 9.59 Å². The molecule has 0 aliphatic heterocycles. The van der Waals surface area contributed by atoms with Gasteiger partial charge in [0.15, 0.2) is 0 Å². The van der Waals surface area contributed by atoms with Crippen molar-refractivity contribution >= 4 is 23.7 Å². The largest absolute Gasteiger partial charge is 0.494 e. The van der Waals surface area contributed by atoms with E-state index in [0.717, 1.165) is 5.56 Å². The molecule has 3 rings (SSSR count). The molecule has 0 spiro atoms. The van der Waals surface area contributed by atoms with Crippen LogP contribution in [0.2, 0.25) is 5.02 Å². The van der Waals surface area contributed by atoms with Crippen molar-refractivity contribution in [3.63, 3.8) is 0 Å². The molecule has 0 atom stereocenters. The van der Waals surface area contributed by atoms with E-state index < -0.39 is 11.5 Å². The average molecular weight is 454 g/mol. The minimum absolute atomic E-state index is 0.00432. The summed E-state index contributed by atoms with van der Waals surface area (Å²) in [6, 6.07) is 15.6. The molecule has 8 heteroatoms. The second-order valence-electron chi connectivity index (χ2n) is 6.75. The zero-order chi connectivity index (χ0) is 22.9. The third-order valence-corrected chi connectivity index (χ3v) is 4.75. The number of hydrogen-bond donors (Lipinski definition) is 1. The maximum absolute atomic E-state index is 12.7. The first-order chi connectivity index (χ1) is 15.5. The van der Waals surface area contributed by atoms with Gasteiger partial charge in [-0.1, -0.05) is 23.7 Å². The fourth-order valence-corrected chi connectivity index (χ4v) is 3.13. The van der Waals surface area contributed by atoms with Crippen molar-refractivity contribution in [1.29, 1.82) is 0 Å². The molecule has 2 aromatic carbocycles. The van der Waals surface area contributed by atoms with Crippen molar-refractivity contribution in [2.24, 2.45) is 5.10 Å². The van der Waals surface area contributed by atoms with Gasteiger partial charge < -0.3 is 14.0 Å². The van der Waals surface area contributed by atoms with Crippen molar-refractivity contribution in [3.8, 4) is 11.5 Å². The molecule has 1 aromatic heterocycles. The molecule has 166 valence electrons. The van der Waals surface area contributed by atoms with Gasteiger partial charge in [0, 0.05) is 22.8 Å². The first-order valence-electron chi connectivity index (χ1n) is 10.2. The highest BCUT2D eigenvalue weighted by atomic mass is 35.5. The van der Waals surface area contributed by atoms with E-state index in [0.29, 0.717) is 41.8 Å². The van der Waals surface area contributed by atoms with Gasteiger partial charge in [0.25, 0.3) is 11.5 Å². The van der Waals surface area contributed by atoms with E-state index >= 15 is 0 Å². The first-order valence-corrected chi connectivity index (χ1v) is 10.6. The van der Waals surface area contributed by atoms with Crippen LogP contribution in [0.1, 0.15) is 35.3 Å². The zero-order valence-corrected chi connectivity index (χ0v) is 18.6. The Kier molecular flexibility index (Phi) is 8.05. The molecule has 0 aliphatic carbocycles. The van der Waals surface area contributed by atoms with Crippen LogP contribution in [0.4, 0.5) is 0 Å². The van der Waals surface area contributed by atoms with Crippen LogP contribution >= 0.6 is 11.6 Å². The predicted octanol–water partition coefficient (Wildman–Crippen LogP) is 4.11. The number of carbonyl (C=O) groups excluding carboxylic acids is 1. The second kappa shape index (κ2) is 11.2. The predicted molar refractivity (Wildman–Crippen MR) is 125 cm³/mol. The molecule has 0 aliphatic rings. The number of benzene rings is 2. The SMILES string of the molecule is CCOc1ccc(/C=N\NC(=O)c2cccn(Cc3ccc(Cl)cc3)c2=O)c(OCC)c1. The summed E-state index contributed by atoms with van der Waals surface area (Å²) >= 11 is 5.91. The Morgan fingerprint density at radius 1 is 1.09 bits per heavy atom. The number of hydrazone groups is 1. The van der Waals surface area contributed by atoms with Crippen LogP contribution in [-0.4, -0.2) is 29.9 Å². The molecular formula is C24H24ClN3O4. The highest BCUT2D eigenvalue weighted by Gasteiger charge is 2.12. The number of nitrogens with one attached hydrogen (secondary N) is 1. The number of nitrogens with zero attached hydrogens (tertiary/aromatic N) is 2. The van der Waals surface area contributed by atoms with E-state index in [2.05, 4.69) is 10.5 Å². The minimum atomic E-state index is -0.597. The van der Waals surface area contributed by atoms with Crippen molar-refractivity contribution in [3.05, 3.63) is 92.9 Å². The van der Waals surface area contributed by atoms with Crippen molar-refractivity contribution in [2.45, 2.75) is 20.4 Å². The lowest BCUT2D eigenvalue weighted by Crippen LogP contribution is -2.30. The van der Waals surface area contributed by atoms with E-state index in [4.69, 9.17) is 21.1 Å². The fourth-order valence-electron chi connectivity index (χ4n) is 3.00. The summed E-state index contributed by atoms with van der Waals surface area (Å²) in [5.74, 6) is 0.671. The number of carbonyl (C=O) groups is 1. The smallest absolute Gasteiger partial charge is 0.276 e. The van der Waals surface area contributed by atoms with Gasteiger partial charge >= 0.3 is 0 Å². The molecule has 1 amide bonds. The first kappa shape index (κ1) is 23.1. The number of rotatable bonds is 9. The molecule has 32 heavy (non-hydrogen) atoms. The van der Waals surface area contributed by atoms with E-state index in [-0.39, 0.29) is 5.56 Å². The van der Waals surface area contributed by atoms with Gasteiger partial charge in [-0.3, -0.25) is 9.59 Å². The van der Waals surface area contributed by atoms with Gasteiger partial charge in [0.2, 0.25) is 0 Å². The summed E-state index contributed by atoms with van der Waals surface area (Å²) < 4.78 is 12.6. The lowest BCUT2D eigenvalue weighted by atomic mass is 10.2. The summed E-state index contributed by atoms with van der Waals surface area (Å²) in [4.78, 5) is 25.3. The summed E-state index contributed by atoms with van der Waals surface area (Å²) in [6.45, 7) is 5.12. The zero-order valence-electron chi connectivity index (χ0n) is 17.9. The number of aromatic nitrogens is 1. The molecule has 0 saturated heterocycles. The third-order valence-electron chi connectivity index (χ3n) is 4.50. The molecule has 1 heterocycles. The lowest BCUT2D eigenvalue weighted by Gasteiger charge is -2.10. The highest BCUT2D eigenvalue weighted by molar-refractivity contribution is 6.30. The standard InChI is InChI=1S/C24H24ClN3O4/c1-3-31-20-12-9-18(22(14-20)32-4-2)15-26-27-23(29)21-6-5-13-28(24(21)30)16-17-7-10-19(25)11-8-17/h5-15H,3-4,16H2,1-2H3,(H,27,29)/b26-15-. The van der Waals surface area contributed by atoms with Crippen molar-refractivity contribution < 1.29 is 14.3 Å². The highest BCUT2D eigenvalue weighted by Crippen LogP contribution is 2.24. The van der Waals surface area contributed by atoms with E-state index in [1.165, 1.54) is 16.8 Å². The van der Waals surface area contributed by atoms with Gasteiger partial charge in [0.05, 0.1) is 26.0 Å². The van der Waals surface area contributed by atoms with Crippen LogP contribution in [0.15, 0.2) is 70.7 Å². The lowest BCUT2D eigenvalue weighted by molar-refractivity contribution is 0.0953. The topological polar surface area (TPSA) is 81.9 Å². The molecule has 0 saturated carbocycles. The van der Waals surface area contributed by atoms with Crippen molar-refractivity contribution in [1.82, 2.24) is 9.99 Å². The van der Waals surface area contributed by atoms with Gasteiger partial charge in [-0.05, 0) is 55.8 Å². The van der Waals surface area contributed by atoms with Gasteiger partial charge in [0.1, 0.15) is 17.1 Å². The number of amides is 1. The summed E-state index contributed by atoms with van der Waals surface area (Å²) in [6.07, 6.45) is 3.10. The number of hydrogen-bond acceptors (Lipinski definition) is 5. The minimum Gasteiger partial charge on any atom is -0.494 e. The van der Waals surface area contributed by atoms with Gasteiger partial charge in [-0.15, -0.1) is 0 Å². The van der Waals surface area contributed by atoms with Crippen LogP contribution < -0.4 is 20.5 Å². The molecule has 0 bridgehead atoms.